The second-order valence-corrected chi connectivity index (χ2v) is 7.29. The molecule has 0 saturated carbocycles. The number of aromatic nitrogens is 1. The third kappa shape index (κ3) is 9.84. The van der Waals surface area contributed by atoms with Gasteiger partial charge in [-0.25, -0.2) is 4.98 Å². The summed E-state index contributed by atoms with van der Waals surface area (Å²) in [6.45, 7) is 5.20. The van der Waals surface area contributed by atoms with Gasteiger partial charge in [-0.05, 0) is 30.0 Å². The van der Waals surface area contributed by atoms with Gasteiger partial charge in [0.25, 0.3) is 0 Å². The predicted molar refractivity (Wildman–Crippen MR) is 133 cm³/mol. The SMILES string of the molecule is CN=C(NCCCOCC1CCOC1)NCc1ccnc(OCc2ccccc2)c1.I. The molecule has 0 spiro atoms. The fourth-order valence-corrected chi connectivity index (χ4v) is 3.12. The monoisotopic (exact) mass is 540 g/mol. The lowest BCUT2D eigenvalue weighted by molar-refractivity contribution is 0.0888. The smallest absolute Gasteiger partial charge is 0.213 e. The standard InChI is InChI=1S/C23H32N4O3.HI/c1-24-23(26-10-5-12-28-16-21-9-13-29-17-21)27-15-20-8-11-25-22(14-20)30-18-19-6-3-2-4-7-19;/h2-4,6-8,11,14,21H,5,9-10,12-13,15-18H2,1H3,(H2,24,26,27);1H. The summed E-state index contributed by atoms with van der Waals surface area (Å²) in [7, 11) is 1.77. The van der Waals surface area contributed by atoms with Crippen molar-refractivity contribution in [1.82, 2.24) is 15.6 Å². The van der Waals surface area contributed by atoms with E-state index >= 15 is 0 Å². The van der Waals surface area contributed by atoms with Crippen LogP contribution in [0.4, 0.5) is 0 Å². The molecule has 1 atom stereocenters. The molecule has 1 aliphatic rings. The van der Waals surface area contributed by atoms with Crippen molar-refractivity contribution in [1.29, 1.82) is 0 Å². The van der Waals surface area contributed by atoms with Gasteiger partial charge in [0.2, 0.25) is 5.88 Å². The van der Waals surface area contributed by atoms with Crippen molar-refractivity contribution >= 4 is 29.9 Å². The Bertz CT molecular complexity index is 770. The van der Waals surface area contributed by atoms with Crippen molar-refractivity contribution in [3.63, 3.8) is 0 Å². The van der Waals surface area contributed by atoms with E-state index in [1.54, 1.807) is 13.2 Å². The van der Waals surface area contributed by atoms with E-state index in [9.17, 15) is 0 Å². The normalized spacial score (nSPS) is 15.9. The topological polar surface area (TPSA) is 77.0 Å². The zero-order chi connectivity index (χ0) is 20.9. The summed E-state index contributed by atoms with van der Waals surface area (Å²) >= 11 is 0. The zero-order valence-corrected chi connectivity index (χ0v) is 20.4. The lowest BCUT2D eigenvalue weighted by Gasteiger charge is -2.13. The summed E-state index contributed by atoms with van der Waals surface area (Å²) in [6.07, 6.45) is 3.81. The number of benzene rings is 1. The first-order valence-corrected chi connectivity index (χ1v) is 10.5. The molecule has 1 unspecified atom stereocenters. The number of guanidine groups is 1. The molecule has 0 bridgehead atoms. The van der Waals surface area contributed by atoms with Gasteiger partial charge in [0.05, 0.1) is 13.2 Å². The largest absolute Gasteiger partial charge is 0.473 e. The van der Waals surface area contributed by atoms with Crippen LogP contribution in [0.1, 0.15) is 24.0 Å². The Morgan fingerprint density at radius 1 is 1.19 bits per heavy atom. The van der Waals surface area contributed by atoms with Gasteiger partial charge in [-0.3, -0.25) is 4.99 Å². The van der Waals surface area contributed by atoms with E-state index in [-0.39, 0.29) is 24.0 Å². The quantitative estimate of drug-likeness (QED) is 0.197. The summed E-state index contributed by atoms with van der Waals surface area (Å²) in [5, 5.41) is 6.64. The fraction of sp³-hybridized carbons (Fsp3) is 0.478. The fourth-order valence-electron chi connectivity index (χ4n) is 3.12. The summed E-state index contributed by atoms with van der Waals surface area (Å²) < 4.78 is 16.9. The zero-order valence-electron chi connectivity index (χ0n) is 18.1. The summed E-state index contributed by atoms with van der Waals surface area (Å²) in [5.74, 6) is 1.95. The number of rotatable bonds is 11. The number of ether oxygens (including phenoxy) is 3. The molecule has 1 saturated heterocycles. The van der Waals surface area contributed by atoms with E-state index < -0.39 is 0 Å². The molecule has 1 aliphatic heterocycles. The predicted octanol–water partition coefficient (Wildman–Crippen LogP) is 3.39. The van der Waals surface area contributed by atoms with Gasteiger partial charge in [0.15, 0.2) is 5.96 Å². The van der Waals surface area contributed by atoms with Crippen LogP contribution in [0.3, 0.4) is 0 Å². The van der Waals surface area contributed by atoms with E-state index in [0.717, 1.165) is 62.9 Å². The van der Waals surface area contributed by atoms with Gasteiger partial charge in [0, 0.05) is 51.5 Å². The molecule has 31 heavy (non-hydrogen) atoms. The Hall–Kier alpha value is -1.91. The molecule has 1 aromatic heterocycles. The number of aliphatic imine (C=N–C) groups is 1. The van der Waals surface area contributed by atoms with Gasteiger partial charge in [-0.2, -0.15) is 0 Å². The summed E-state index contributed by atoms with van der Waals surface area (Å²) in [5.41, 5.74) is 2.20. The van der Waals surface area contributed by atoms with Crippen LogP contribution in [0.15, 0.2) is 53.7 Å². The highest BCUT2D eigenvalue weighted by Crippen LogP contribution is 2.13. The summed E-state index contributed by atoms with van der Waals surface area (Å²) in [6, 6.07) is 14.0. The molecule has 0 aliphatic carbocycles. The van der Waals surface area contributed by atoms with E-state index in [2.05, 4.69) is 20.6 Å². The second kappa shape index (κ2) is 15.0. The lowest BCUT2D eigenvalue weighted by atomic mass is 10.1. The Morgan fingerprint density at radius 3 is 2.84 bits per heavy atom. The van der Waals surface area contributed by atoms with Crippen LogP contribution in [0.5, 0.6) is 5.88 Å². The maximum atomic E-state index is 5.80. The van der Waals surface area contributed by atoms with Gasteiger partial charge in [0.1, 0.15) is 6.61 Å². The minimum Gasteiger partial charge on any atom is -0.473 e. The molecular formula is C23H33IN4O3. The van der Waals surface area contributed by atoms with E-state index in [0.29, 0.717) is 24.9 Å². The van der Waals surface area contributed by atoms with Gasteiger partial charge in [-0.15, -0.1) is 24.0 Å². The number of pyridine rings is 1. The van der Waals surface area contributed by atoms with Crippen molar-refractivity contribution < 1.29 is 14.2 Å². The molecular weight excluding hydrogens is 507 g/mol. The van der Waals surface area contributed by atoms with E-state index in [1.807, 2.05) is 42.5 Å². The first-order valence-electron chi connectivity index (χ1n) is 10.5. The lowest BCUT2D eigenvalue weighted by Crippen LogP contribution is -2.37. The van der Waals surface area contributed by atoms with Crippen molar-refractivity contribution in [3.8, 4) is 5.88 Å². The molecule has 0 amide bonds. The number of hydrogen-bond donors (Lipinski definition) is 2. The molecule has 7 nitrogen and oxygen atoms in total. The van der Waals surface area contributed by atoms with Crippen LogP contribution >= 0.6 is 24.0 Å². The minimum absolute atomic E-state index is 0. The average molecular weight is 540 g/mol. The highest BCUT2D eigenvalue weighted by Gasteiger charge is 2.15. The van der Waals surface area contributed by atoms with Gasteiger partial charge < -0.3 is 24.8 Å². The second-order valence-electron chi connectivity index (χ2n) is 7.29. The van der Waals surface area contributed by atoms with Crippen molar-refractivity contribution in [2.75, 3.05) is 40.0 Å². The first-order chi connectivity index (χ1) is 14.8. The van der Waals surface area contributed by atoms with Crippen LogP contribution in [-0.2, 0) is 22.6 Å². The highest BCUT2D eigenvalue weighted by atomic mass is 127. The molecule has 1 aromatic carbocycles. The molecule has 8 heteroatoms. The van der Waals surface area contributed by atoms with Gasteiger partial charge >= 0.3 is 0 Å². The van der Waals surface area contributed by atoms with Gasteiger partial charge in [-0.1, -0.05) is 30.3 Å². The number of nitrogens with zero attached hydrogens (tertiary/aromatic N) is 2. The Morgan fingerprint density at radius 2 is 2.06 bits per heavy atom. The first kappa shape index (κ1) is 25.4. The number of halogens is 1. The average Bonchev–Trinajstić information content (AvgIpc) is 3.31. The minimum atomic E-state index is 0. The Balaban J connectivity index is 0.00000341. The third-order valence-electron chi connectivity index (χ3n) is 4.85. The van der Waals surface area contributed by atoms with Crippen LogP contribution < -0.4 is 15.4 Å². The van der Waals surface area contributed by atoms with Crippen molar-refractivity contribution in [2.45, 2.75) is 26.0 Å². The molecule has 0 radical (unpaired) electrons. The molecule has 2 heterocycles. The Kier molecular flexibility index (Phi) is 12.3. The Labute approximate surface area is 202 Å². The van der Waals surface area contributed by atoms with Crippen LogP contribution in [0, 0.1) is 5.92 Å². The van der Waals surface area contributed by atoms with E-state index in [1.165, 1.54) is 0 Å². The summed E-state index contributed by atoms with van der Waals surface area (Å²) in [4.78, 5) is 8.56. The van der Waals surface area contributed by atoms with Crippen LogP contribution in [0.25, 0.3) is 0 Å². The van der Waals surface area contributed by atoms with E-state index in [4.69, 9.17) is 14.2 Å². The van der Waals surface area contributed by atoms with Crippen molar-refractivity contribution in [3.05, 3.63) is 59.8 Å². The highest BCUT2D eigenvalue weighted by molar-refractivity contribution is 14.0. The maximum Gasteiger partial charge on any atom is 0.213 e. The number of hydrogen-bond acceptors (Lipinski definition) is 5. The molecule has 2 aromatic rings. The number of nitrogens with one attached hydrogen (secondary N) is 2. The molecule has 2 N–H and O–H groups in total. The van der Waals surface area contributed by atoms with Crippen molar-refractivity contribution in [2.24, 2.45) is 10.9 Å². The van der Waals surface area contributed by atoms with Crippen LogP contribution in [0.2, 0.25) is 0 Å². The molecule has 170 valence electrons. The third-order valence-corrected chi connectivity index (χ3v) is 4.85. The molecule has 1 fully saturated rings. The molecule has 3 rings (SSSR count). The maximum absolute atomic E-state index is 5.80. The van der Waals surface area contributed by atoms with Crippen LogP contribution in [-0.4, -0.2) is 51.0 Å².